The predicted octanol–water partition coefficient (Wildman–Crippen LogP) is 3.73. The maximum absolute atomic E-state index is 6.23. The van der Waals surface area contributed by atoms with Crippen molar-refractivity contribution in [2.45, 2.75) is 19.3 Å². The number of rotatable bonds is 1. The van der Waals surface area contributed by atoms with Gasteiger partial charge in [-0.25, -0.2) is 4.98 Å². The highest BCUT2D eigenvalue weighted by Crippen LogP contribution is 2.32. The van der Waals surface area contributed by atoms with E-state index in [1.54, 1.807) is 0 Å². The third-order valence-electron chi connectivity index (χ3n) is 4.01. The Hall–Kier alpha value is -2.00. The lowest BCUT2D eigenvalue weighted by Gasteiger charge is -2.03. The third kappa shape index (κ3) is 1.63. The van der Waals surface area contributed by atoms with Crippen LogP contribution in [0.25, 0.3) is 16.9 Å². The molecule has 0 atom stereocenters. The summed E-state index contributed by atoms with van der Waals surface area (Å²) in [4.78, 5) is 4.61. The van der Waals surface area contributed by atoms with Crippen LogP contribution in [-0.2, 0) is 12.8 Å². The molecule has 0 aliphatic heterocycles. The van der Waals surface area contributed by atoms with Crippen molar-refractivity contribution in [1.82, 2.24) is 9.38 Å². The molecule has 0 radical (unpaired) electrons. The number of aryl methyl sites for hydroxylation is 2. The van der Waals surface area contributed by atoms with E-state index in [2.05, 4.69) is 23.2 Å². The Morgan fingerprint density at radius 3 is 2.85 bits per heavy atom. The molecule has 1 aromatic carbocycles. The minimum absolute atomic E-state index is 0.617. The van der Waals surface area contributed by atoms with Gasteiger partial charge in [0.25, 0.3) is 0 Å². The highest BCUT2D eigenvalue weighted by Gasteiger charge is 2.16. The molecule has 0 fully saturated rings. The van der Waals surface area contributed by atoms with Crippen LogP contribution in [0.2, 0.25) is 5.02 Å². The molecule has 2 N–H and O–H groups in total. The average molecular weight is 284 g/mol. The molecule has 3 nitrogen and oxygen atoms in total. The van der Waals surface area contributed by atoms with E-state index in [4.69, 9.17) is 17.3 Å². The summed E-state index contributed by atoms with van der Waals surface area (Å²) in [5.74, 6) is 0.639. The van der Waals surface area contributed by atoms with Gasteiger partial charge in [0.1, 0.15) is 11.5 Å². The van der Waals surface area contributed by atoms with E-state index in [9.17, 15) is 0 Å². The van der Waals surface area contributed by atoms with Gasteiger partial charge in [-0.3, -0.25) is 4.40 Å². The molecule has 1 aliphatic carbocycles. The zero-order chi connectivity index (χ0) is 13.7. The first-order valence-electron chi connectivity index (χ1n) is 6.78. The van der Waals surface area contributed by atoms with E-state index >= 15 is 0 Å². The standard InChI is InChI=1S/C16H14ClN3/c17-13-5-2-8-20-15(18)14(19-16(13)20)12-7-6-10-3-1-4-11(10)9-12/h2,5-9H,1,3-4,18H2. The van der Waals surface area contributed by atoms with Gasteiger partial charge in [-0.15, -0.1) is 0 Å². The summed E-state index contributed by atoms with van der Waals surface area (Å²) in [6.45, 7) is 0. The molecule has 4 rings (SSSR count). The summed E-state index contributed by atoms with van der Waals surface area (Å²) in [5, 5.41) is 0.617. The van der Waals surface area contributed by atoms with E-state index in [1.165, 1.54) is 24.0 Å². The molecule has 2 aromatic heterocycles. The second-order valence-electron chi connectivity index (χ2n) is 5.23. The van der Waals surface area contributed by atoms with Crippen LogP contribution in [-0.4, -0.2) is 9.38 Å². The quantitative estimate of drug-likeness (QED) is 0.739. The molecule has 0 bridgehead atoms. The van der Waals surface area contributed by atoms with Crippen LogP contribution < -0.4 is 5.73 Å². The van der Waals surface area contributed by atoms with Crippen molar-refractivity contribution >= 4 is 23.1 Å². The van der Waals surface area contributed by atoms with Gasteiger partial charge in [0.15, 0.2) is 5.65 Å². The number of aromatic nitrogens is 2. The summed E-state index contributed by atoms with van der Waals surface area (Å²) in [6, 6.07) is 10.2. The van der Waals surface area contributed by atoms with Crippen molar-refractivity contribution in [3.8, 4) is 11.3 Å². The van der Waals surface area contributed by atoms with E-state index < -0.39 is 0 Å². The number of nitrogens with two attached hydrogens (primary N) is 1. The summed E-state index contributed by atoms with van der Waals surface area (Å²) in [6.07, 6.45) is 5.46. The minimum Gasteiger partial charge on any atom is -0.383 e. The molecule has 0 spiro atoms. The van der Waals surface area contributed by atoms with Crippen LogP contribution in [0.1, 0.15) is 17.5 Å². The number of imidazole rings is 1. The number of pyridine rings is 1. The Balaban J connectivity index is 1.94. The predicted molar refractivity (Wildman–Crippen MR) is 82.1 cm³/mol. The lowest BCUT2D eigenvalue weighted by atomic mass is 10.0. The zero-order valence-corrected chi connectivity index (χ0v) is 11.7. The Morgan fingerprint density at radius 1 is 1.15 bits per heavy atom. The van der Waals surface area contributed by atoms with E-state index in [1.807, 2.05) is 22.7 Å². The smallest absolute Gasteiger partial charge is 0.157 e. The second kappa shape index (κ2) is 4.25. The van der Waals surface area contributed by atoms with Crippen molar-refractivity contribution < 1.29 is 0 Å². The molecule has 2 heterocycles. The maximum Gasteiger partial charge on any atom is 0.157 e. The third-order valence-corrected chi connectivity index (χ3v) is 4.31. The first-order valence-corrected chi connectivity index (χ1v) is 7.16. The topological polar surface area (TPSA) is 43.3 Å². The Labute approximate surface area is 122 Å². The maximum atomic E-state index is 6.23. The minimum atomic E-state index is 0.617. The number of nitrogens with zero attached hydrogens (tertiary/aromatic N) is 2. The number of hydrogen-bond donors (Lipinski definition) is 1. The normalized spacial score (nSPS) is 13.8. The SMILES string of the molecule is Nc1c(-c2ccc3c(c2)CCC3)nc2c(Cl)cccn12. The number of fused-ring (bicyclic) bond motifs is 2. The summed E-state index contributed by atoms with van der Waals surface area (Å²) >= 11 is 6.18. The fourth-order valence-electron chi connectivity index (χ4n) is 2.98. The monoisotopic (exact) mass is 283 g/mol. The largest absolute Gasteiger partial charge is 0.383 e. The van der Waals surface area contributed by atoms with Gasteiger partial charge in [0.05, 0.1) is 5.02 Å². The highest BCUT2D eigenvalue weighted by molar-refractivity contribution is 6.33. The molecule has 0 saturated carbocycles. The molecule has 0 saturated heterocycles. The van der Waals surface area contributed by atoms with Gasteiger partial charge in [-0.1, -0.05) is 23.7 Å². The van der Waals surface area contributed by atoms with Crippen molar-refractivity contribution in [3.63, 3.8) is 0 Å². The number of nitrogen functional groups attached to an aromatic ring is 1. The second-order valence-corrected chi connectivity index (χ2v) is 5.64. The number of benzene rings is 1. The molecule has 0 amide bonds. The first-order chi connectivity index (χ1) is 9.74. The molecule has 100 valence electrons. The van der Waals surface area contributed by atoms with E-state index in [-0.39, 0.29) is 0 Å². The van der Waals surface area contributed by atoms with Gasteiger partial charge in [0, 0.05) is 11.8 Å². The Morgan fingerprint density at radius 2 is 2.00 bits per heavy atom. The lowest BCUT2D eigenvalue weighted by molar-refractivity contribution is 0.912. The van der Waals surface area contributed by atoms with Crippen molar-refractivity contribution in [2.24, 2.45) is 0 Å². The summed E-state index contributed by atoms with van der Waals surface area (Å²) < 4.78 is 1.84. The van der Waals surface area contributed by atoms with Crippen LogP contribution in [0.15, 0.2) is 36.5 Å². The van der Waals surface area contributed by atoms with Gasteiger partial charge >= 0.3 is 0 Å². The Kier molecular flexibility index (Phi) is 2.51. The van der Waals surface area contributed by atoms with Crippen LogP contribution >= 0.6 is 11.6 Å². The van der Waals surface area contributed by atoms with Crippen molar-refractivity contribution in [1.29, 1.82) is 0 Å². The van der Waals surface area contributed by atoms with Crippen LogP contribution in [0.5, 0.6) is 0 Å². The fourth-order valence-corrected chi connectivity index (χ4v) is 3.19. The average Bonchev–Trinajstić information content (AvgIpc) is 3.04. The van der Waals surface area contributed by atoms with Crippen LogP contribution in [0.3, 0.4) is 0 Å². The van der Waals surface area contributed by atoms with Crippen LogP contribution in [0.4, 0.5) is 5.82 Å². The van der Waals surface area contributed by atoms with Crippen molar-refractivity contribution in [2.75, 3.05) is 5.73 Å². The molecule has 1 aliphatic rings. The molecule has 3 aromatic rings. The molecular weight excluding hydrogens is 270 g/mol. The van der Waals surface area contributed by atoms with Crippen LogP contribution in [0, 0.1) is 0 Å². The number of anilines is 1. The van der Waals surface area contributed by atoms with E-state index in [0.717, 1.165) is 17.7 Å². The molecule has 20 heavy (non-hydrogen) atoms. The zero-order valence-electron chi connectivity index (χ0n) is 10.9. The summed E-state index contributed by atoms with van der Waals surface area (Å²) in [7, 11) is 0. The van der Waals surface area contributed by atoms with Gasteiger partial charge in [-0.05, 0) is 48.6 Å². The fraction of sp³-hybridized carbons (Fsp3) is 0.188. The number of hydrogen-bond acceptors (Lipinski definition) is 2. The molecular formula is C16H14ClN3. The van der Waals surface area contributed by atoms with Gasteiger partial charge in [0.2, 0.25) is 0 Å². The van der Waals surface area contributed by atoms with Gasteiger partial charge < -0.3 is 5.73 Å². The van der Waals surface area contributed by atoms with E-state index in [0.29, 0.717) is 16.5 Å². The van der Waals surface area contributed by atoms with Gasteiger partial charge in [-0.2, -0.15) is 0 Å². The Bertz CT molecular complexity index is 820. The lowest BCUT2D eigenvalue weighted by Crippen LogP contribution is -1.94. The first kappa shape index (κ1) is 11.8. The molecule has 0 unspecified atom stereocenters. The summed E-state index contributed by atoms with van der Waals surface area (Å²) in [5.41, 5.74) is 11.7. The highest BCUT2D eigenvalue weighted by atomic mass is 35.5. The number of halogens is 1. The molecule has 4 heteroatoms. The van der Waals surface area contributed by atoms with Crippen molar-refractivity contribution in [3.05, 3.63) is 52.7 Å².